The summed E-state index contributed by atoms with van der Waals surface area (Å²) in [7, 11) is 0. The summed E-state index contributed by atoms with van der Waals surface area (Å²) in [6.07, 6.45) is 1.02. The minimum Gasteiger partial charge on any atom is -0.0843 e. The minimum atomic E-state index is 0.806. The maximum absolute atomic E-state index is 5.77. The van der Waals surface area contributed by atoms with Gasteiger partial charge in [0.05, 0.1) is 0 Å². The van der Waals surface area contributed by atoms with Crippen LogP contribution in [-0.2, 0) is 6.42 Å². The fraction of sp³-hybridized carbons (Fsp3) is 0.250. The van der Waals surface area contributed by atoms with Gasteiger partial charge in [0.1, 0.15) is 0 Å². The van der Waals surface area contributed by atoms with Gasteiger partial charge in [-0.2, -0.15) is 0 Å². The molecule has 10 heavy (non-hydrogen) atoms. The molecule has 0 aliphatic heterocycles. The molecule has 1 rings (SSSR count). The third-order valence-corrected chi connectivity index (χ3v) is 2.40. The van der Waals surface area contributed by atoms with E-state index < -0.39 is 0 Å². The Bertz CT molecular complexity index is 233. The molecule has 0 heterocycles. The highest BCUT2D eigenvalue weighted by Crippen LogP contribution is 2.21. The van der Waals surface area contributed by atoms with Gasteiger partial charge in [0.2, 0.25) is 0 Å². The first-order valence-corrected chi connectivity index (χ1v) is 4.35. The zero-order chi connectivity index (χ0) is 7.56. The van der Waals surface area contributed by atoms with Gasteiger partial charge in [-0.15, -0.1) is 0 Å². The number of hydrogen-bond donors (Lipinski definition) is 0. The van der Waals surface area contributed by atoms with Gasteiger partial charge in [-0.3, -0.25) is 0 Å². The summed E-state index contributed by atoms with van der Waals surface area (Å²) in [5.41, 5.74) is 1.26. The van der Waals surface area contributed by atoms with E-state index in [0.29, 0.717) is 0 Å². The number of hydrogen-bond acceptors (Lipinski definition) is 0. The van der Waals surface area contributed by atoms with Gasteiger partial charge in [0.25, 0.3) is 0 Å². The Morgan fingerprint density at radius 3 is 2.70 bits per heavy atom. The fourth-order valence-corrected chi connectivity index (χ4v) is 1.54. The SMILES string of the molecule is CCc1cc(Cl)ccc1Br. The quantitative estimate of drug-likeness (QED) is 0.676. The highest BCUT2D eigenvalue weighted by molar-refractivity contribution is 9.10. The molecule has 0 spiro atoms. The Morgan fingerprint density at radius 2 is 2.20 bits per heavy atom. The molecular formula is C8H8BrCl. The van der Waals surface area contributed by atoms with E-state index in [9.17, 15) is 0 Å². The molecule has 2 heteroatoms. The van der Waals surface area contributed by atoms with Crippen molar-refractivity contribution < 1.29 is 0 Å². The van der Waals surface area contributed by atoms with E-state index in [1.807, 2.05) is 18.2 Å². The maximum atomic E-state index is 5.77. The van der Waals surface area contributed by atoms with E-state index in [1.54, 1.807) is 0 Å². The van der Waals surface area contributed by atoms with Crippen molar-refractivity contribution in [2.75, 3.05) is 0 Å². The Labute approximate surface area is 74.3 Å². The van der Waals surface area contributed by atoms with Crippen molar-refractivity contribution >= 4 is 27.5 Å². The molecular weight excluding hydrogens is 211 g/mol. The van der Waals surface area contributed by atoms with Crippen molar-refractivity contribution in [1.82, 2.24) is 0 Å². The lowest BCUT2D eigenvalue weighted by molar-refractivity contribution is 1.13. The lowest BCUT2D eigenvalue weighted by Crippen LogP contribution is -1.80. The van der Waals surface area contributed by atoms with Crippen molar-refractivity contribution in [3.8, 4) is 0 Å². The van der Waals surface area contributed by atoms with E-state index in [2.05, 4.69) is 22.9 Å². The average Bonchev–Trinajstić information content (AvgIpc) is 1.94. The Kier molecular flexibility index (Phi) is 2.75. The minimum absolute atomic E-state index is 0.806. The molecule has 0 unspecified atom stereocenters. The van der Waals surface area contributed by atoms with E-state index in [-0.39, 0.29) is 0 Å². The molecule has 0 saturated carbocycles. The van der Waals surface area contributed by atoms with Crippen LogP contribution in [0.5, 0.6) is 0 Å². The van der Waals surface area contributed by atoms with E-state index >= 15 is 0 Å². The van der Waals surface area contributed by atoms with Crippen LogP contribution >= 0.6 is 27.5 Å². The van der Waals surface area contributed by atoms with Crippen LogP contribution in [0.15, 0.2) is 22.7 Å². The second kappa shape index (κ2) is 3.40. The van der Waals surface area contributed by atoms with Crippen molar-refractivity contribution in [2.45, 2.75) is 13.3 Å². The molecule has 0 aromatic heterocycles. The molecule has 0 N–H and O–H groups in total. The van der Waals surface area contributed by atoms with Crippen molar-refractivity contribution in [3.63, 3.8) is 0 Å². The van der Waals surface area contributed by atoms with Crippen molar-refractivity contribution in [3.05, 3.63) is 33.3 Å². The third-order valence-electron chi connectivity index (χ3n) is 1.39. The van der Waals surface area contributed by atoms with Crippen molar-refractivity contribution in [1.29, 1.82) is 0 Å². The third kappa shape index (κ3) is 1.74. The number of halogens is 2. The fourth-order valence-electron chi connectivity index (χ4n) is 0.814. The van der Waals surface area contributed by atoms with E-state index in [4.69, 9.17) is 11.6 Å². The molecule has 0 saturated heterocycles. The highest BCUT2D eigenvalue weighted by Gasteiger charge is 1.96. The first kappa shape index (κ1) is 8.09. The second-order valence-electron chi connectivity index (χ2n) is 2.09. The van der Waals surface area contributed by atoms with Gasteiger partial charge in [-0.05, 0) is 30.2 Å². The predicted molar refractivity (Wildman–Crippen MR) is 48.5 cm³/mol. The topological polar surface area (TPSA) is 0 Å². The molecule has 1 aromatic rings. The van der Waals surface area contributed by atoms with Crippen molar-refractivity contribution in [2.24, 2.45) is 0 Å². The first-order valence-electron chi connectivity index (χ1n) is 3.18. The monoisotopic (exact) mass is 218 g/mol. The second-order valence-corrected chi connectivity index (χ2v) is 3.38. The largest absolute Gasteiger partial charge is 0.0843 e. The summed E-state index contributed by atoms with van der Waals surface area (Å²) in [5, 5.41) is 0.806. The normalized spacial score (nSPS) is 9.90. The van der Waals surface area contributed by atoms with Crippen LogP contribution in [0.25, 0.3) is 0 Å². The molecule has 0 amide bonds. The van der Waals surface area contributed by atoms with Crippen LogP contribution < -0.4 is 0 Å². The summed E-state index contributed by atoms with van der Waals surface area (Å²) in [6.45, 7) is 2.11. The van der Waals surface area contributed by atoms with E-state index in [0.717, 1.165) is 15.9 Å². The molecule has 0 fully saturated rings. The van der Waals surface area contributed by atoms with Gasteiger partial charge < -0.3 is 0 Å². The smallest absolute Gasteiger partial charge is 0.0409 e. The van der Waals surface area contributed by atoms with Gasteiger partial charge >= 0.3 is 0 Å². The molecule has 0 radical (unpaired) electrons. The molecule has 0 bridgehead atoms. The molecule has 0 aliphatic rings. The zero-order valence-electron chi connectivity index (χ0n) is 5.70. The number of benzene rings is 1. The summed E-state index contributed by atoms with van der Waals surface area (Å²) < 4.78 is 1.14. The van der Waals surface area contributed by atoms with Gasteiger partial charge in [0, 0.05) is 9.50 Å². The molecule has 0 aliphatic carbocycles. The van der Waals surface area contributed by atoms with Crippen LogP contribution in [0.1, 0.15) is 12.5 Å². The summed E-state index contributed by atoms with van der Waals surface area (Å²) in [6, 6.07) is 5.83. The van der Waals surface area contributed by atoms with E-state index in [1.165, 1.54) is 5.56 Å². The maximum Gasteiger partial charge on any atom is 0.0409 e. The first-order chi connectivity index (χ1) is 4.74. The zero-order valence-corrected chi connectivity index (χ0v) is 8.04. The predicted octanol–water partition coefficient (Wildman–Crippen LogP) is 3.66. The van der Waals surface area contributed by atoms with Gasteiger partial charge in [0.15, 0.2) is 0 Å². The molecule has 54 valence electrons. The van der Waals surface area contributed by atoms with Gasteiger partial charge in [-0.1, -0.05) is 34.5 Å². The number of aryl methyl sites for hydroxylation is 1. The summed E-state index contributed by atoms with van der Waals surface area (Å²) in [4.78, 5) is 0. The Morgan fingerprint density at radius 1 is 1.50 bits per heavy atom. The molecule has 1 aromatic carbocycles. The highest BCUT2D eigenvalue weighted by atomic mass is 79.9. The average molecular weight is 220 g/mol. The number of rotatable bonds is 1. The Hall–Kier alpha value is -0.0100. The summed E-state index contributed by atoms with van der Waals surface area (Å²) >= 11 is 9.21. The lowest BCUT2D eigenvalue weighted by atomic mass is 10.2. The lowest BCUT2D eigenvalue weighted by Gasteiger charge is -1.99. The van der Waals surface area contributed by atoms with Crippen LogP contribution in [0.4, 0.5) is 0 Å². The Balaban J connectivity index is 3.09. The van der Waals surface area contributed by atoms with Crippen LogP contribution in [0.2, 0.25) is 5.02 Å². The summed E-state index contributed by atoms with van der Waals surface area (Å²) in [5.74, 6) is 0. The van der Waals surface area contributed by atoms with Crippen LogP contribution in [-0.4, -0.2) is 0 Å². The standard InChI is InChI=1S/C8H8BrCl/c1-2-6-5-7(10)3-4-8(6)9/h3-5H,2H2,1H3. The van der Waals surface area contributed by atoms with Crippen LogP contribution in [0.3, 0.4) is 0 Å². The molecule has 0 nitrogen and oxygen atoms in total. The van der Waals surface area contributed by atoms with Gasteiger partial charge in [-0.25, -0.2) is 0 Å². The van der Waals surface area contributed by atoms with Crippen LogP contribution in [0, 0.1) is 0 Å². The molecule has 0 atom stereocenters.